The maximum atomic E-state index is 14.0. The van der Waals surface area contributed by atoms with Gasteiger partial charge in [0.15, 0.2) is 0 Å². The van der Waals surface area contributed by atoms with Gasteiger partial charge in [0.1, 0.15) is 5.82 Å². The highest BCUT2D eigenvalue weighted by Crippen LogP contribution is 2.42. The van der Waals surface area contributed by atoms with E-state index in [4.69, 9.17) is 37.1 Å². The average molecular weight is 390 g/mol. The fourth-order valence-electron chi connectivity index (χ4n) is 3.51. The summed E-state index contributed by atoms with van der Waals surface area (Å²) < 4.78 is 14.0. The normalized spacial score (nSPS) is 22.9. The zero-order valence-electron chi connectivity index (χ0n) is 14.8. The Labute approximate surface area is 156 Å². The van der Waals surface area contributed by atoms with Gasteiger partial charge in [-0.25, -0.2) is 14.0 Å². The lowest BCUT2D eigenvalue weighted by molar-refractivity contribution is -0.159. The van der Waals surface area contributed by atoms with Gasteiger partial charge in [0.05, 0.1) is 5.60 Å². The number of rotatable bonds is 3. The van der Waals surface area contributed by atoms with Crippen molar-refractivity contribution >= 4 is 23.5 Å². The van der Waals surface area contributed by atoms with Gasteiger partial charge in [-0.1, -0.05) is 30.5 Å². The Morgan fingerprint density at radius 3 is 2.35 bits per heavy atom. The van der Waals surface area contributed by atoms with E-state index < -0.39 is 23.1 Å². The monoisotopic (exact) mass is 389 g/mol. The SMILES string of the molecule is CC(C)(N)[C@@H]1CCCC[C@@]1(O)Cc1c(F)cccc1Cl.O=C(O)C(=O)O. The van der Waals surface area contributed by atoms with Crippen molar-refractivity contribution in [1.29, 1.82) is 0 Å². The Hall–Kier alpha value is -1.70. The molecule has 146 valence electrons. The molecule has 1 aromatic carbocycles. The lowest BCUT2D eigenvalue weighted by Gasteiger charge is -2.47. The summed E-state index contributed by atoms with van der Waals surface area (Å²) in [7, 11) is 0. The predicted octanol–water partition coefficient (Wildman–Crippen LogP) is 2.84. The fourth-order valence-corrected chi connectivity index (χ4v) is 3.74. The smallest absolute Gasteiger partial charge is 0.414 e. The van der Waals surface area contributed by atoms with Crippen LogP contribution in [0.2, 0.25) is 5.02 Å². The van der Waals surface area contributed by atoms with Crippen LogP contribution in [0.25, 0.3) is 0 Å². The van der Waals surface area contributed by atoms with Crippen LogP contribution in [0.15, 0.2) is 18.2 Å². The second-order valence-corrected chi connectivity index (χ2v) is 7.62. The number of carbonyl (C=O) groups is 2. The number of aliphatic carboxylic acids is 2. The summed E-state index contributed by atoms with van der Waals surface area (Å²) in [6.07, 6.45) is 3.73. The molecule has 0 heterocycles. The van der Waals surface area contributed by atoms with Gasteiger partial charge >= 0.3 is 11.9 Å². The first-order valence-electron chi connectivity index (χ1n) is 8.29. The zero-order valence-corrected chi connectivity index (χ0v) is 15.6. The number of hydrogen-bond donors (Lipinski definition) is 4. The van der Waals surface area contributed by atoms with Crippen LogP contribution in [0, 0.1) is 11.7 Å². The van der Waals surface area contributed by atoms with Gasteiger partial charge in [-0.3, -0.25) is 0 Å². The number of carboxylic acids is 2. The van der Waals surface area contributed by atoms with Crippen LogP contribution in [0.1, 0.15) is 45.1 Å². The van der Waals surface area contributed by atoms with Gasteiger partial charge in [-0.2, -0.15) is 0 Å². The number of benzene rings is 1. The van der Waals surface area contributed by atoms with Crippen molar-refractivity contribution in [2.75, 3.05) is 0 Å². The number of halogens is 2. The van der Waals surface area contributed by atoms with E-state index in [1.165, 1.54) is 6.07 Å². The van der Waals surface area contributed by atoms with Crippen molar-refractivity contribution < 1.29 is 29.3 Å². The molecule has 0 radical (unpaired) electrons. The molecule has 2 atom stereocenters. The maximum Gasteiger partial charge on any atom is 0.414 e. The minimum atomic E-state index is -1.82. The highest BCUT2D eigenvalue weighted by atomic mass is 35.5. The lowest BCUT2D eigenvalue weighted by atomic mass is 9.65. The van der Waals surface area contributed by atoms with Crippen molar-refractivity contribution in [3.63, 3.8) is 0 Å². The molecule has 1 saturated carbocycles. The Morgan fingerprint density at radius 1 is 1.31 bits per heavy atom. The Morgan fingerprint density at radius 2 is 1.88 bits per heavy atom. The molecule has 5 N–H and O–H groups in total. The molecule has 8 heteroatoms. The van der Waals surface area contributed by atoms with Crippen molar-refractivity contribution in [1.82, 2.24) is 0 Å². The van der Waals surface area contributed by atoms with Crippen LogP contribution in [-0.2, 0) is 16.0 Å². The molecule has 0 aliphatic heterocycles. The average Bonchev–Trinajstić information content (AvgIpc) is 2.51. The van der Waals surface area contributed by atoms with E-state index in [1.54, 1.807) is 12.1 Å². The summed E-state index contributed by atoms with van der Waals surface area (Å²) in [5.74, 6) is -4.06. The number of aliphatic hydroxyl groups is 1. The molecule has 1 aromatic rings. The molecular weight excluding hydrogens is 365 g/mol. The summed E-state index contributed by atoms with van der Waals surface area (Å²) in [5, 5.41) is 26.2. The first kappa shape index (κ1) is 22.3. The lowest BCUT2D eigenvalue weighted by Crippen LogP contribution is -2.56. The molecule has 1 aliphatic rings. The Balaban J connectivity index is 0.000000487. The van der Waals surface area contributed by atoms with E-state index in [0.717, 1.165) is 19.3 Å². The molecule has 1 fully saturated rings. The molecule has 0 amide bonds. The van der Waals surface area contributed by atoms with Gasteiger partial charge < -0.3 is 21.1 Å². The first-order chi connectivity index (χ1) is 11.9. The second-order valence-electron chi connectivity index (χ2n) is 7.21. The fraction of sp³-hybridized carbons (Fsp3) is 0.556. The molecule has 0 bridgehead atoms. The van der Waals surface area contributed by atoms with Crippen LogP contribution >= 0.6 is 11.6 Å². The van der Waals surface area contributed by atoms with E-state index in [1.807, 2.05) is 13.8 Å². The van der Waals surface area contributed by atoms with E-state index in [-0.39, 0.29) is 18.2 Å². The van der Waals surface area contributed by atoms with Crippen molar-refractivity contribution in [3.8, 4) is 0 Å². The molecule has 0 unspecified atom stereocenters. The molecule has 26 heavy (non-hydrogen) atoms. The Kier molecular flexibility index (Phi) is 7.56. The van der Waals surface area contributed by atoms with Crippen molar-refractivity contribution in [2.45, 2.75) is 57.1 Å². The van der Waals surface area contributed by atoms with E-state index in [0.29, 0.717) is 17.0 Å². The third-order valence-electron chi connectivity index (χ3n) is 4.63. The highest BCUT2D eigenvalue weighted by Gasteiger charge is 2.45. The largest absolute Gasteiger partial charge is 0.473 e. The van der Waals surface area contributed by atoms with E-state index >= 15 is 0 Å². The first-order valence-corrected chi connectivity index (χ1v) is 8.66. The number of carboxylic acid groups (broad SMARTS) is 2. The summed E-state index contributed by atoms with van der Waals surface area (Å²) in [6, 6.07) is 4.63. The van der Waals surface area contributed by atoms with Gasteiger partial charge in [-0.15, -0.1) is 0 Å². The zero-order chi connectivity index (χ0) is 20.1. The Bertz CT molecular complexity index is 629. The summed E-state index contributed by atoms with van der Waals surface area (Å²) >= 11 is 6.09. The predicted molar refractivity (Wildman–Crippen MR) is 95.6 cm³/mol. The minimum Gasteiger partial charge on any atom is -0.473 e. The molecular formula is C18H25ClFNO5. The molecule has 2 rings (SSSR count). The van der Waals surface area contributed by atoms with Crippen LogP contribution in [0.3, 0.4) is 0 Å². The van der Waals surface area contributed by atoms with Gasteiger partial charge in [0.2, 0.25) is 0 Å². The van der Waals surface area contributed by atoms with Gasteiger partial charge in [0, 0.05) is 28.5 Å². The van der Waals surface area contributed by atoms with Crippen LogP contribution < -0.4 is 5.73 Å². The van der Waals surface area contributed by atoms with Crippen LogP contribution in [0.4, 0.5) is 4.39 Å². The number of nitrogens with two attached hydrogens (primary N) is 1. The van der Waals surface area contributed by atoms with E-state index in [9.17, 15) is 9.50 Å². The van der Waals surface area contributed by atoms with Gasteiger partial charge in [0.25, 0.3) is 0 Å². The van der Waals surface area contributed by atoms with Crippen molar-refractivity contribution in [3.05, 3.63) is 34.6 Å². The van der Waals surface area contributed by atoms with E-state index in [2.05, 4.69) is 0 Å². The molecule has 1 aliphatic carbocycles. The molecule has 6 nitrogen and oxygen atoms in total. The van der Waals surface area contributed by atoms with Crippen molar-refractivity contribution in [2.24, 2.45) is 11.7 Å². The third kappa shape index (κ3) is 5.93. The highest BCUT2D eigenvalue weighted by molar-refractivity contribution is 6.31. The molecule has 0 spiro atoms. The molecule has 0 saturated heterocycles. The van der Waals surface area contributed by atoms with Gasteiger partial charge in [-0.05, 0) is 38.8 Å². The topological polar surface area (TPSA) is 121 Å². The quantitative estimate of drug-likeness (QED) is 0.590. The molecule has 0 aromatic heterocycles. The summed E-state index contributed by atoms with van der Waals surface area (Å²) in [4.78, 5) is 18.2. The third-order valence-corrected chi connectivity index (χ3v) is 4.98. The maximum absolute atomic E-state index is 14.0. The summed E-state index contributed by atoms with van der Waals surface area (Å²) in [5.41, 5.74) is 5.15. The number of hydrogen-bond acceptors (Lipinski definition) is 4. The standard InChI is InChI=1S/C16H23ClFNO.C2H2O4/c1-15(2,19)14-8-3-4-9-16(14,20)10-11-12(17)6-5-7-13(11)18;3-1(4)2(5)6/h5-7,14,20H,3-4,8-10,19H2,1-2H3;(H,3,4)(H,5,6)/t14-,16+;/m0./s1. The minimum absolute atomic E-state index is 0.0561. The van der Waals surface area contributed by atoms with Crippen LogP contribution in [-0.4, -0.2) is 38.4 Å². The summed E-state index contributed by atoms with van der Waals surface area (Å²) in [6.45, 7) is 3.85. The second kappa shape index (κ2) is 8.79. The van der Waals surface area contributed by atoms with Crippen LogP contribution in [0.5, 0.6) is 0 Å².